The Morgan fingerprint density at radius 2 is 2.21 bits per heavy atom. The number of nitrogens with one attached hydrogen (secondary N) is 1. The van der Waals surface area contributed by atoms with Gasteiger partial charge >= 0.3 is 6.09 Å². The molecule has 1 amide bonds. The molecule has 0 aliphatic carbocycles. The van der Waals surface area contributed by atoms with Gasteiger partial charge in [-0.3, -0.25) is 4.68 Å². The summed E-state index contributed by atoms with van der Waals surface area (Å²) >= 11 is 0. The number of amides is 1. The van der Waals surface area contributed by atoms with Crippen LogP contribution in [0.2, 0.25) is 0 Å². The van der Waals surface area contributed by atoms with Crippen molar-refractivity contribution in [2.24, 2.45) is 13.0 Å². The minimum Gasteiger partial charge on any atom is -0.444 e. The van der Waals surface area contributed by atoms with Crippen molar-refractivity contribution in [3.63, 3.8) is 0 Å². The third-order valence-electron chi connectivity index (χ3n) is 4.02. The molecule has 1 fully saturated rings. The lowest BCUT2D eigenvalue weighted by molar-refractivity contribution is 0.0288. The van der Waals surface area contributed by atoms with Gasteiger partial charge in [-0.25, -0.2) is 4.79 Å². The first-order valence-electron chi connectivity index (χ1n) is 8.35. The van der Waals surface area contributed by atoms with Crippen molar-refractivity contribution in [2.75, 3.05) is 13.1 Å². The zero-order chi connectivity index (χ0) is 17.9. The van der Waals surface area contributed by atoms with Crippen LogP contribution >= 0.6 is 0 Å². The number of hydrogen-bond donors (Lipinski definition) is 1. The van der Waals surface area contributed by atoms with Gasteiger partial charge in [0.15, 0.2) is 0 Å². The van der Waals surface area contributed by atoms with E-state index in [1.54, 1.807) is 9.58 Å². The predicted octanol–water partition coefficient (Wildman–Crippen LogP) is 1.83. The van der Waals surface area contributed by atoms with Gasteiger partial charge in [0.25, 0.3) is 0 Å². The number of nitrogens with zero attached hydrogens (tertiary/aromatic N) is 4. The Hall–Kier alpha value is -2.07. The maximum Gasteiger partial charge on any atom is 0.410 e. The van der Waals surface area contributed by atoms with E-state index in [9.17, 15) is 10.1 Å². The summed E-state index contributed by atoms with van der Waals surface area (Å²) in [7, 11) is 1.90. The summed E-state index contributed by atoms with van der Waals surface area (Å²) in [5, 5.41) is 17.2. The predicted molar refractivity (Wildman–Crippen MR) is 90.1 cm³/mol. The topological polar surface area (TPSA) is 83.2 Å². The van der Waals surface area contributed by atoms with Gasteiger partial charge in [-0.1, -0.05) is 6.92 Å². The van der Waals surface area contributed by atoms with Crippen LogP contribution in [0, 0.1) is 17.2 Å². The van der Waals surface area contributed by atoms with Crippen molar-refractivity contribution in [3.8, 4) is 6.07 Å². The van der Waals surface area contributed by atoms with E-state index in [-0.39, 0.29) is 18.1 Å². The second-order valence-corrected chi connectivity index (χ2v) is 7.24. The van der Waals surface area contributed by atoms with Gasteiger partial charge in [-0.15, -0.1) is 0 Å². The maximum absolute atomic E-state index is 12.2. The van der Waals surface area contributed by atoms with E-state index in [4.69, 9.17) is 4.74 Å². The number of carbonyl (C=O) groups excluding carboxylic acids is 1. The summed E-state index contributed by atoms with van der Waals surface area (Å²) in [5.41, 5.74) is 1.66. The van der Waals surface area contributed by atoms with Crippen molar-refractivity contribution in [1.29, 1.82) is 5.26 Å². The minimum absolute atomic E-state index is 0.0626. The Labute approximate surface area is 143 Å². The monoisotopic (exact) mass is 333 g/mol. The lowest BCUT2D eigenvalue weighted by atomic mass is 10.1. The molecule has 1 aromatic heterocycles. The molecule has 1 saturated heterocycles. The normalized spacial score (nSPS) is 20.9. The molecule has 1 N–H and O–H groups in total. The lowest BCUT2D eigenvalue weighted by Gasteiger charge is -2.24. The average Bonchev–Trinajstić information content (AvgIpc) is 3.06. The van der Waals surface area contributed by atoms with Crippen LogP contribution in [-0.2, 0) is 24.8 Å². The van der Waals surface area contributed by atoms with Crippen LogP contribution in [0.3, 0.4) is 0 Å². The number of rotatable bonds is 4. The molecular formula is C17H27N5O2. The van der Waals surface area contributed by atoms with E-state index in [0.29, 0.717) is 19.6 Å². The molecule has 0 spiro atoms. The number of aromatic nitrogens is 2. The fourth-order valence-electron chi connectivity index (χ4n) is 2.89. The van der Waals surface area contributed by atoms with Gasteiger partial charge in [-0.05, 0) is 27.2 Å². The minimum atomic E-state index is -0.531. The van der Waals surface area contributed by atoms with Gasteiger partial charge in [0.2, 0.25) is 0 Å². The Kier molecular flexibility index (Phi) is 5.50. The average molecular weight is 333 g/mol. The van der Waals surface area contributed by atoms with Crippen molar-refractivity contribution in [3.05, 3.63) is 17.5 Å². The van der Waals surface area contributed by atoms with E-state index < -0.39 is 5.60 Å². The molecule has 0 aromatic carbocycles. The van der Waals surface area contributed by atoms with Crippen molar-refractivity contribution in [1.82, 2.24) is 20.0 Å². The fraction of sp³-hybridized carbons (Fsp3) is 0.706. The standard InChI is InChI=1S/C17H27N5O2/c1-6-14-13(9-21(5)20-14)8-19-15-11-22(10-12(15)7-18)16(23)24-17(2,3)4/h9,12,15,19H,6,8,10-11H2,1-5H3/t12-,15-/m0/s1. The highest BCUT2D eigenvalue weighted by molar-refractivity contribution is 5.68. The highest BCUT2D eigenvalue weighted by atomic mass is 16.6. The Morgan fingerprint density at radius 3 is 2.79 bits per heavy atom. The van der Waals surface area contributed by atoms with Crippen LogP contribution in [0.25, 0.3) is 0 Å². The first kappa shape index (κ1) is 18.3. The highest BCUT2D eigenvalue weighted by Gasteiger charge is 2.37. The molecule has 1 aliphatic rings. The van der Waals surface area contributed by atoms with Crippen LogP contribution < -0.4 is 5.32 Å². The quantitative estimate of drug-likeness (QED) is 0.909. The van der Waals surface area contributed by atoms with Gasteiger partial charge in [0.05, 0.1) is 17.7 Å². The largest absolute Gasteiger partial charge is 0.444 e. The second-order valence-electron chi connectivity index (χ2n) is 7.24. The number of ether oxygens (including phenoxy) is 1. The molecule has 1 aromatic rings. The van der Waals surface area contributed by atoms with Gasteiger partial charge < -0.3 is 15.0 Å². The van der Waals surface area contributed by atoms with Crippen LogP contribution in [-0.4, -0.2) is 45.5 Å². The highest BCUT2D eigenvalue weighted by Crippen LogP contribution is 2.20. The summed E-state index contributed by atoms with van der Waals surface area (Å²) in [6, 6.07) is 2.24. The molecule has 132 valence electrons. The smallest absolute Gasteiger partial charge is 0.410 e. The first-order chi connectivity index (χ1) is 11.2. The number of nitriles is 1. The third-order valence-corrected chi connectivity index (χ3v) is 4.02. The van der Waals surface area contributed by atoms with Gasteiger partial charge in [0, 0.05) is 44.5 Å². The molecule has 2 rings (SSSR count). The Bertz CT molecular complexity index is 626. The molecule has 7 heteroatoms. The number of likely N-dealkylation sites (tertiary alicyclic amines) is 1. The van der Waals surface area contributed by atoms with Gasteiger partial charge in [-0.2, -0.15) is 10.4 Å². The summed E-state index contributed by atoms with van der Waals surface area (Å²) in [6.07, 6.45) is 2.50. The zero-order valence-electron chi connectivity index (χ0n) is 15.2. The summed E-state index contributed by atoms with van der Waals surface area (Å²) in [6.45, 7) is 9.12. The van der Waals surface area contributed by atoms with Crippen molar-refractivity contribution >= 4 is 6.09 Å². The van der Waals surface area contributed by atoms with Gasteiger partial charge in [0.1, 0.15) is 5.60 Å². The molecule has 0 saturated carbocycles. The lowest BCUT2D eigenvalue weighted by Crippen LogP contribution is -2.38. The molecular weight excluding hydrogens is 306 g/mol. The number of hydrogen-bond acceptors (Lipinski definition) is 5. The summed E-state index contributed by atoms with van der Waals surface area (Å²) in [5.74, 6) is -0.237. The van der Waals surface area contributed by atoms with Crippen molar-refractivity contribution < 1.29 is 9.53 Å². The zero-order valence-corrected chi connectivity index (χ0v) is 15.2. The molecule has 2 atom stereocenters. The summed E-state index contributed by atoms with van der Waals surface area (Å²) in [4.78, 5) is 13.8. The molecule has 24 heavy (non-hydrogen) atoms. The molecule has 0 unspecified atom stereocenters. The van der Waals surface area contributed by atoms with E-state index in [1.807, 2.05) is 34.0 Å². The molecule has 0 bridgehead atoms. The summed E-state index contributed by atoms with van der Waals surface area (Å²) < 4.78 is 7.21. The SMILES string of the molecule is CCc1nn(C)cc1CN[C@H]1CN(C(=O)OC(C)(C)C)C[C@@H]1C#N. The van der Waals surface area contributed by atoms with E-state index in [2.05, 4.69) is 23.4 Å². The van der Waals surface area contributed by atoms with Crippen molar-refractivity contribution in [2.45, 2.75) is 52.3 Å². The van der Waals surface area contributed by atoms with Crippen LogP contribution in [0.5, 0.6) is 0 Å². The number of aryl methyl sites for hydroxylation is 2. The molecule has 7 nitrogen and oxygen atoms in total. The fourth-order valence-corrected chi connectivity index (χ4v) is 2.89. The molecule has 1 aliphatic heterocycles. The third kappa shape index (κ3) is 4.48. The van der Waals surface area contributed by atoms with Crippen LogP contribution in [0.1, 0.15) is 39.0 Å². The molecule has 0 radical (unpaired) electrons. The van der Waals surface area contributed by atoms with Crippen LogP contribution in [0.15, 0.2) is 6.20 Å². The Morgan fingerprint density at radius 1 is 1.50 bits per heavy atom. The molecule has 2 heterocycles. The number of carbonyl (C=O) groups is 1. The maximum atomic E-state index is 12.2. The van der Waals surface area contributed by atoms with Crippen LogP contribution in [0.4, 0.5) is 4.79 Å². The van der Waals surface area contributed by atoms with E-state index in [1.165, 1.54) is 0 Å². The first-order valence-corrected chi connectivity index (χ1v) is 8.35. The second kappa shape index (κ2) is 7.22. The van der Waals surface area contributed by atoms with E-state index in [0.717, 1.165) is 17.7 Å². The van der Waals surface area contributed by atoms with E-state index >= 15 is 0 Å². The Balaban J connectivity index is 1.97.